The van der Waals surface area contributed by atoms with Crippen LogP contribution in [0.3, 0.4) is 0 Å². The molecule has 0 aromatic carbocycles. The van der Waals surface area contributed by atoms with Gasteiger partial charge in [0.25, 0.3) is 0 Å². The van der Waals surface area contributed by atoms with Gasteiger partial charge < -0.3 is 39.0 Å². The number of carboxylic acids is 1. The predicted molar refractivity (Wildman–Crippen MR) is 303 cm³/mol. The van der Waals surface area contributed by atoms with Crippen LogP contribution in [0.15, 0.2) is 48.6 Å². The molecule has 0 saturated carbocycles. The number of esters is 3. The molecule has 1 aliphatic heterocycles. The molecule has 0 aromatic rings. The minimum Gasteiger partial charge on any atom is -0.479 e. The van der Waals surface area contributed by atoms with Gasteiger partial charge in [-0.1, -0.05) is 230 Å². The van der Waals surface area contributed by atoms with Crippen LogP contribution in [0.4, 0.5) is 0 Å². The van der Waals surface area contributed by atoms with Gasteiger partial charge in [-0.15, -0.1) is 0 Å². The van der Waals surface area contributed by atoms with Crippen molar-refractivity contribution in [3.8, 4) is 0 Å². The molecular weight excluding hydrogens is 949 g/mol. The predicted octanol–water partition coefficient (Wildman–Crippen LogP) is 15.8. The minimum atomic E-state index is -1.91. The lowest BCUT2D eigenvalue weighted by molar-refractivity contribution is -0.301. The zero-order valence-electron chi connectivity index (χ0n) is 47.8. The van der Waals surface area contributed by atoms with Crippen LogP contribution in [0, 0.1) is 0 Å². The van der Waals surface area contributed by atoms with Crippen molar-refractivity contribution in [3.63, 3.8) is 0 Å². The molecule has 0 aliphatic carbocycles. The third-order valence-electron chi connectivity index (χ3n) is 13.9. The smallest absolute Gasteiger partial charge is 0.335 e. The van der Waals surface area contributed by atoms with E-state index in [-0.39, 0.29) is 25.9 Å². The maximum Gasteiger partial charge on any atom is 0.335 e. The third kappa shape index (κ3) is 41.5. The zero-order valence-corrected chi connectivity index (χ0v) is 47.8. The summed E-state index contributed by atoms with van der Waals surface area (Å²) in [4.78, 5) is 51.1. The highest BCUT2D eigenvalue weighted by Gasteiger charge is 2.50. The number of hydrogen-bond acceptors (Lipinski definition) is 11. The van der Waals surface area contributed by atoms with Crippen LogP contribution in [-0.2, 0) is 42.9 Å². The minimum absolute atomic E-state index is 0.0427. The normalized spacial score (nSPS) is 18.4. The molecule has 1 rings (SSSR count). The van der Waals surface area contributed by atoms with Crippen molar-refractivity contribution in [1.29, 1.82) is 0 Å². The van der Waals surface area contributed by atoms with E-state index < -0.39 is 67.3 Å². The van der Waals surface area contributed by atoms with Gasteiger partial charge in [-0.2, -0.15) is 0 Å². The molecule has 0 amide bonds. The fraction of sp³-hybridized carbons (Fsp3) is 0.810. The van der Waals surface area contributed by atoms with Crippen LogP contribution in [0.2, 0.25) is 0 Å². The molecule has 6 unspecified atom stereocenters. The van der Waals surface area contributed by atoms with E-state index in [0.29, 0.717) is 19.3 Å². The van der Waals surface area contributed by atoms with Crippen molar-refractivity contribution in [2.75, 3.05) is 13.2 Å². The number of aliphatic hydroxyl groups is 2. The Morgan fingerprint density at radius 2 is 0.840 bits per heavy atom. The summed E-state index contributed by atoms with van der Waals surface area (Å²) in [6, 6.07) is 0. The fourth-order valence-corrected chi connectivity index (χ4v) is 9.20. The van der Waals surface area contributed by atoms with Crippen molar-refractivity contribution in [2.45, 2.75) is 314 Å². The van der Waals surface area contributed by atoms with Crippen LogP contribution < -0.4 is 0 Å². The van der Waals surface area contributed by atoms with Gasteiger partial charge in [0.1, 0.15) is 18.8 Å². The summed E-state index contributed by atoms with van der Waals surface area (Å²) in [5.41, 5.74) is 0. The highest BCUT2D eigenvalue weighted by atomic mass is 16.7. The molecule has 1 heterocycles. The van der Waals surface area contributed by atoms with Crippen LogP contribution in [0.1, 0.15) is 278 Å². The third-order valence-corrected chi connectivity index (χ3v) is 13.9. The second-order valence-corrected chi connectivity index (χ2v) is 21.0. The number of carbonyl (C=O) groups excluding carboxylic acids is 3. The maximum atomic E-state index is 13.1. The number of aliphatic hydroxyl groups excluding tert-OH is 2. The molecule has 0 bridgehead atoms. The number of allylic oxidation sites excluding steroid dienone is 8. The molecule has 12 heteroatoms. The Kier molecular flexibility index (Phi) is 47.8. The van der Waals surface area contributed by atoms with Gasteiger partial charge >= 0.3 is 23.9 Å². The molecule has 12 nitrogen and oxygen atoms in total. The number of rotatable bonds is 52. The van der Waals surface area contributed by atoms with Crippen LogP contribution >= 0.6 is 0 Å². The van der Waals surface area contributed by atoms with E-state index in [4.69, 9.17) is 23.7 Å². The van der Waals surface area contributed by atoms with Crippen LogP contribution in [0.25, 0.3) is 0 Å². The highest BCUT2D eigenvalue weighted by molar-refractivity contribution is 5.74. The van der Waals surface area contributed by atoms with Gasteiger partial charge in [0.2, 0.25) is 0 Å². The number of unbranched alkanes of at least 4 members (excludes halogenated alkanes) is 30. The first-order valence-electron chi connectivity index (χ1n) is 30.6. The summed E-state index contributed by atoms with van der Waals surface area (Å²) in [5.74, 6) is -3.12. The van der Waals surface area contributed by atoms with Crippen molar-refractivity contribution >= 4 is 23.9 Å². The lowest BCUT2D eigenvalue weighted by Gasteiger charge is -2.40. The van der Waals surface area contributed by atoms with Gasteiger partial charge in [-0.3, -0.25) is 14.4 Å². The Balaban J connectivity index is 2.64. The summed E-state index contributed by atoms with van der Waals surface area (Å²) in [5, 5.41) is 31.5. The summed E-state index contributed by atoms with van der Waals surface area (Å²) >= 11 is 0. The van der Waals surface area contributed by atoms with Gasteiger partial charge in [-0.05, 0) is 77.0 Å². The molecule has 0 aromatic heterocycles. The molecule has 0 spiro atoms. The number of hydrogen-bond donors (Lipinski definition) is 3. The van der Waals surface area contributed by atoms with E-state index in [1.165, 1.54) is 128 Å². The molecule has 434 valence electrons. The summed E-state index contributed by atoms with van der Waals surface area (Å²) in [6.07, 6.45) is 49.4. The fourth-order valence-electron chi connectivity index (χ4n) is 9.20. The quantitative estimate of drug-likeness (QED) is 0.0228. The molecular formula is C63H110O12. The monoisotopic (exact) mass is 1060 g/mol. The van der Waals surface area contributed by atoms with Crippen molar-refractivity contribution in [2.24, 2.45) is 0 Å². The number of ether oxygens (including phenoxy) is 5. The van der Waals surface area contributed by atoms with Crippen LogP contribution in [0.5, 0.6) is 0 Å². The first kappa shape index (κ1) is 69.7. The van der Waals surface area contributed by atoms with E-state index >= 15 is 0 Å². The highest BCUT2D eigenvalue weighted by Crippen LogP contribution is 2.26. The van der Waals surface area contributed by atoms with E-state index in [9.17, 15) is 34.5 Å². The van der Waals surface area contributed by atoms with E-state index in [1.807, 2.05) is 0 Å². The molecule has 1 saturated heterocycles. The largest absolute Gasteiger partial charge is 0.479 e. The van der Waals surface area contributed by atoms with Crippen molar-refractivity contribution in [3.05, 3.63) is 48.6 Å². The lowest BCUT2D eigenvalue weighted by Crippen LogP contribution is -2.61. The molecule has 6 atom stereocenters. The Morgan fingerprint density at radius 3 is 1.29 bits per heavy atom. The molecule has 1 fully saturated rings. The zero-order chi connectivity index (χ0) is 54.7. The summed E-state index contributed by atoms with van der Waals surface area (Å²) in [7, 11) is 0. The average Bonchev–Trinajstić information content (AvgIpc) is 3.39. The average molecular weight is 1060 g/mol. The second-order valence-electron chi connectivity index (χ2n) is 21.0. The number of carboxylic acid groups (broad SMARTS) is 1. The second kappa shape index (κ2) is 51.4. The van der Waals surface area contributed by atoms with Crippen molar-refractivity contribution in [1.82, 2.24) is 0 Å². The maximum absolute atomic E-state index is 13.1. The van der Waals surface area contributed by atoms with Crippen molar-refractivity contribution < 1.29 is 58.2 Å². The number of aliphatic carboxylic acids is 1. The van der Waals surface area contributed by atoms with Gasteiger partial charge in [-0.25, -0.2) is 4.79 Å². The first-order chi connectivity index (χ1) is 36.6. The molecule has 1 aliphatic rings. The molecule has 75 heavy (non-hydrogen) atoms. The Morgan fingerprint density at radius 1 is 0.453 bits per heavy atom. The van der Waals surface area contributed by atoms with Gasteiger partial charge in [0.15, 0.2) is 24.6 Å². The summed E-state index contributed by atoms with van der Waals surface area (Å²) in [6.45, 7) is 5.88. The van der Waals surface area contributed by atoms with Gasteiger partial charge in [0.05, 0.1) is 6.61 Å². The Labute approximate surface area is 456 Å². The molecule has 0 radical (unpaired) electrons. The summed E-state index contributed by atoms with van der Waals surface area (Å²) < 4.78 is 28.4. The standard InChI is InChI=1S/C63H110O12/c1-4-7-10-13-16-19-22-24-26-27-28-29-31-32-35-37-40-43-46-49-55(64)71-52-54(73-56(65)50-47-44-41-38-34-21-18-15-12-9-6-3)53-72-63-61(59(68)58(67)60(75-63)62(69)70)74-57(66)51-48-45-42-39-36-33-30-25-23-20-17-14-11-8-5-2/h8,11,17,20,24-26,30,54,58-61,63,67-68H,4-7,9-10,12-16,18-19,21-23,27-29,31-53H2,1-3H3,(H,69,70)/b11-8-,20-17-,26-24-,30-25-. The van der Waals surface area contributed by atoms with E-state index in [0.717, 1.165) is 89.9 Å². The Hall–Kier alpha value is -3.32. The topological polar surface area (TPSA) is 175 Å². The van der Waals surface area contributed by atoms with Crippen LogP contribution in [-0.4, -0.2) is 89.2 Å². The van der Waals surface area contributed by atoms with E-state index in [2.05, 4.69) is 69.4 Å². The Bertz CT molecular complexity index is 1490. The van der Waals surface area contributed by atoms with Gasteiger partial charge in [0, 0.05) is 19.3 Å². The lowest BCUT2D eigenvalue weighted by atomic mass is 9.98. The SMILES string of the molecule is CC/C=C\C/C=C\C/C=C\CCCCCCCC(=O)OC1C(OCC(COC(=O)CCCCCCCCCCC/C=C\CCCCCCCC)OC(=O)CCCCCCCCCCCCC)OC(C(=O)O)C(O)C1O. The molecule has 3 N–H and O–H groups in total. The number of carbonyl (C=O) groups is 4. The van der Waals surface area contributed by atoms with E-state index in [1.54, 1.807) is 0 Å². The first-order valence-corrected chi connectivity index (χ1v) is 30.6.